The minimum atomic E-state index is -0.342. The van der Waals surface area contributed by atoms with Crippen molar-refractivity contribution in [2.24, 2.45) is 5.92 Å². The molecule has 3 rings (SSSR count). The molecule has 1 atom stereocenters. The molecule has 0 spiro atoms. The van der Waals surface area contributed by atoms with Gasteiger partial charge in [-0.15, -0.1) is 0 Å². The average molecular weight is 417 g/mol. The third kappa shape index (κ3) is 5.72. The summed E-state index contributed by atoms with van der Waals surface area (Å²) in [6.07, 6.45) is 2.07. The highest BCUT2D eigenvalue weighted by Gasteiger charge is 2.31. The Morgan fingerprint density at radius 1 is 1.21 bits per heavy atom. The van der Waals surface area contributed by atoms with E-state index in [1.54, 1.807) is 25.3 Å². The van der Waals surface area contributed by atoms with E-state index in [-0.39, 0.29) is 11.9 Å². The average Bonchev–Trinajstić information content (AvgIpc) is 2.74. The highest BCUT2D eigenvalue weighted by molar-refractivity contribution is 6.32. The fraction of sp³-hybridized carbons (Fsp3) is 0.435. The van der Waals surface area contributed by atoms with Crippen molar-refractivity contribution in [3.05, 3.63) is 59.1 Å². The van der Waals surface area contributed by atoms with Gasteiger partial charge in [0.25, 0.3) is 0 Å². The number of hydrogen-bond donors (Lipinski definition) is 1. The number of piperidine rings is 1. The summed E-state index contributed by atoms with van der Waals surface area (Å²) in [6, 6.07) is 14.9. The van der Waals surface area contributed by atoms with Gasteiger partial charge in [-0.3, -0.25) is 9.69 Å². The maximum Gasteiger partial charge on any atom is 0.246 e. The second-order valence-electron chi connectivity index (χ2n) is 7.29. The van der Waals surface area contributed by atoms with Crippen molar-refractivity contribution in [3.63, 3.8) is 0 Å². The van der Waals surface area contributed by atoms with Crippen LogP contribution in [0.25, 0.3) is 0 Å². The van der Waals surface area contributed by atoms with Gasteiger partial charge in [0, 0.05) is 18.9 Å². The van der Waals surface area contributed by atoms with Crippen molar-refractivity contribution >= 4 is 23.2 Å². The first-order valence-corrected chi connectivity index (χ1v) is 10.5. The molecule has 1 saturated heterocycles. The Bertz CT molecular complexity index is 792. The summed E-state index contributed by atoms with van der Waals surface area (Å²) in [7, 11) is 1.57. The third-order valence-corrected chi connectivity index (χ3v) is 5.65. The van der Waals surface area contributed by atoms with Crippen molar-refractivity contribution in [3.8, 4) is 5.75 Å². The number of hydrogen-bond acceptors (Lipinski definition) is 4. The molecule has 1 aliphatic rings. The minimum Gasteiger partial charge on any atom is -0.495 e. The smallest absolute Gasteiger partial charge is 0.246 e. The van der Waals surface area contributed by atoms with Crippen LogP contribution in [0.15, 0.2) is 48.5 Å². The number of benzene rings is 2. The van der Waals surface area contributed by atoms with E-state index >= 15 is 0 Å². The molecular weight excluding hydrogens is 388 g/mol. The summed E-state index contributed by atoms with van der Waals surface area (Å²) in [5, 5.41) is 3.50. The van der Waals surface area contributed by atoms with Gasteiger partial charge in [0.05, 0.1) is 12.1 Å². The molecule has 1 fully saturated rings. The Labute approximate surface area is 177 Å². The van der Waals surface area contributed by atoms with E-state index in [2.05, 4.69) is 10.2 Å². The van der Waals surface area contributed by atoms with Crippen LogP contribution in [-0.2, 0) is 9.53 Å². The second-order valence-corrected chi connectivity index (χ2v) is 7.70. The Balaban J connectivity index is 1.74. The minimum absolute atomic E-state index is 0.0549. The molecule has 0 bridgehead atoms. The number of methoxy groups -OCH3 is 1. The van der Waals surface area contributed by atoms with E-state index in [4.69, 9.17) is 21.1 Å². The molecule has 1 amide bonds. The van der Waals surface area contributed by atoms with Crippen LogP contribution in [0.4, 0.5) is 5.69 Å². The van der Waals surface area contributed by atoms with Gasteiger partial charge in [-0.2, -0.15) is 0 Å². The molecule has 0 radical (unpaired) electrons. The molecule has 156 valence electrons. The van der Waals surface area contributed by atoms with E-state index in [0.29, 0.717) is 22.4 Å². The Morgan fingerprint density at radius 3 is 2.55 bits per heavy atom. The van der Waals surface area contributed by atoms with Crippen LogP contribution < -0.4 is 10.1 Å². The maximum absolute atomic E-state index is 13.3. The molecule has 1 aliphatic heterocycles. The fourth-order valence-electron chi connectivity index (χ4n) is 3.78. The van der Waals surface area contributed by atoms with Crippen LogP contribution in [0.2, 0.25) is 5.02 Å². The molecule has 5 nitrogen and oxygen atoms in total. The van der Waals surface area contributed by atoms with Crippen LogP contribution in [0.5, 0.6) is 5.75 Å². The molecule has 1 unspecified atom stereocenters. The second kappa shape index (κ2) is 10.6. The monoisotopic (exact) mass is 416 g/mol. The summed E-state index contributed by atoms with van der Waals surface area (Å²) in [4.78, 5) is 15.5. The number of carbonyl (C=O) groups is 1. The topological polar surface area (TPSA) is 50.8 Å². The standard InChI is InChI=1S/C23H29ClN2O3/c1-3-29-16-17-11-13-26(14-12-17)22(18-7-5-4-6-8-18)23(27)25-19-9-10-21(28-2)20(24)15-19/h4-10,15,17,22H,3,11-14,16H2,1-2H3,(H,25,27). The van der Waals surface area contributed by atoms with Crippen molar-refractivity contribution in [1.29, 1.82) is 0 Å². The van der Waals surface area contributed by atoms with E-state index in [9.17, 15) is 4.79 Å². The number of amides is 1. The lowest BCUT2D eigenvalue weighted by molar-refractivity contribution is -0.122. The zero-order chi connectivity index (χ0) is 20.6. The summed E-state index contributed by atoms with van der Waals surface area (Å²) >= 11 is 6.22. The number of halogens is 1. The summed E-state index contributed by atoms with van der Waals surface area (Å²) in [5.74, 6) is 1.09. The lowest BCUT2D eigenvalue weighted by atomic mass is 9.94. The number of nitrogens with zero attached hydrogens (tertiary/aromatic N) is 1. The highest BCUT2D eigenvalue weighted by atomic mass is 35.5. The number of ether oxygens (including phenoxy) is 2. The normalized spacial score (nSPS) is 16.4. The van der Waals surface area contributed by atoms with Gasteiger partial charge < -0.3 is 14.8 Å². The van der Waals surface area contributed by atoms with E-state index in [0.717, 1.165) is 44.7 Å². The third-order valence-electron chi connectivity index (χ3n) is 5.35. The molecule has 0 saturated carbocycles. The SMILES string of the molecule is CCOCC1CCN(C(C(=O)Nc2ccc(OC)c(Cl)c2)c2ccccc2)CC1. The molecule has 29 heavy (non-hydrogen) atoms. The van der Waals surface area contributed by atoms with Crippen molar-refractivity contribution in [2.45, 2.75) is 25.8 Å². The van der Waals surface area contributed by atoms with Crippen LogP contribution in [0, 0.1) is 5.92 Å². The maximum atomic E-state index is 13.3. The molecule has 1 N–H and O–H groups in total. The first-order valence-electron chi connectivity index (χ1n) is 10.1. The molecule has 6 heteroatoms. The zero-order valence-electron chi connectivity index (χ0n) is 17.1. The Morgan fingerprint density at radius 2 is 1.93 bits per heavy atom. The van der Waals surface area contributed by atoms with Crippen LogP contribution in [-0.4, -0.2) is 44.2 Å². The number of carbonyl (C=O) groups excluding carboxylic acids is 1. The first kappa shape index (κ1) is 21.6. The molecular formula is C23H29ClN2O3. The Hall–Kier alpha value is -2.08. The van der Waals surface area contributed by atoms with Gasteiger partial charge in [0.2, 0.25) is 5.91 Å². The van der Waals surface area contributed by atoms with Gasteiger partial charge in [0.15, 0.2) is 0 Å². The predicted molar refractivity (Wildman–Crippen MR) is 117 cm³/mol. The van der Waals surface area contributed by atoms with Gasteiger partial charge >= 0.3 is 0 Å². The van der Waals surface area contributed by atoms with Crippen LogP contribution in [0.1, 0.15) is 31.4 Å². The molecule has 2 aromatic rings. The van der Waals surface area contributed by atoms with Gasteiger partial charge in [-0.1, -0.05) is 41.9 Å². The largest absolute Gasteiger partial charge is 0.495 e. The Kier molecular flexibility index (Phi) is 7.92. The number of nitrogens with one attached hydrogen (secondary N) is 1. The van der Waals surface area contributed by atoms with Crippen LogP contribution >= 0.6 is 11.6 Å². The van der Waals surface area contributed by atoms with E-state index < -0.39 is 0 Å². The van der Waals surface area contributed by atoms with E-state index in [1.807, 2.05) is 37.3 Å². The van der Waals surface area contributed by atoms with Gasteiger partial charge in [-0.25, -0.2) is 0 Å². The number of anilines is 1. The predicted octanol–water partition coefficient (Wildman–Crippen LogP) is 4.78. The van der Waals surface area contributed by atoms with Crippen molar-refractivity contribution in [2.75, 3.05) is 38.7 Å². The molecule has 2 aromatic carbocycles. The molecule has 1 heterocycles. The summed E-state index contributed by atoms with van der Waals surface area (Å²) in [5.41, 5.74) is 1.65. The van der Waals surface area contributed by atoms with Gasteiger partial charge in [0.1, 0.15) is 11.8 Å². The summed E-state index contributed by atoms with van der Waals surface area (Å²) in [6.45, 7) is 5.31. The number of rotatable bonds is 8. The highest BCUT2D eigenvalue weighted by Crippen LogP contribution is 2.30. The van der Waals surface area contributed by atoms with Crippen molar-refractivity contribution < 1.29 is 14.3 Å². The molecule has 0 aliphatic carbocycles. The van der Waals surface area contributed by atoms with E-state index in [1.165, 1.54) is 0 Å². The lowest BCUT2D eigenvalue weighted by Gasteiger charge is -2.37. The quantitative estimate of drug-likeness (QED) is 0.673. The first-order chi connectivity index (χ1) is 14.1. The summed E-state index contributed by atoms with van der Waals surface area (Å²) < 4.78 is 10.8. The fourth-order valence-corrected chi connectivity index (χ4v) is 4.04. The van der Waals surface area contributed by atoms with Crippen LogP contribution in [0.3, 0.4) is 0 Å². The molecule has 0 aromatic heterocycles. The van der Waals surface area contributed by atoms with Crippen molar-refractivity contribution in [1.82, 2.24) is 4.90 Å². The lowest BCUT2D eigenvalue weighted by Crippen LogP contribution is -2.42. The zero-order valence-corrected chi connectivity index (χ0v) is 17.8. The number of likely N-dealkylation sites (tertiary alicyclic amines) is 1. The van der Waals surface area contributed by atoms with Gasteiger partial charge in [-0.05, 0) is 62.5 Å².